The molecule has 216 valence electrons. The van der Waals surface area contributed by atoms with E-state index >= 15 is 0 Å². The molecule has 2 rings (SSSR count). The van der Waals surface area contributed by atoms with E-state index in [0.29, 0.717) is 32.2 Å². The van der Waals surface area contributed by atoms with E-state index < -0.39 is 30.1 Å². The third-order valence-electron chi connectivity index (χ3n) is 6.85. The van der Waals surface area contributed by atoms with Crippen LogP contribution in [0.3, 0.4) is 0 Å². The molecule has 1 heterocycles. The van der Waals surface area contributed by atoms with Gasteiger partial charge in [-0.05, 0) is 56.7 Å². The average Bonchev–Trinajstić information content (AvgIpc) is 3.33. The van der Waals surface area contributed by atoms with Crippen LogP contribution in [0.2, 0.25) is 0 Å². The van der Waals surface area contributed by atoms with Crippen molar-refractivity contribution < 1.29 is 19.2 Å². The van der Waals surface area contributed by atoms with Crippen molar-refractivity contribution in [2.75, 3.05) is 6.54 Å². The number of aldehydes is 1. The molecule has 1 aromatic carbocycles. The Morgan fingerprint density at radius 3 is 2.41 bits per heavy atom. The van der Waals surface area contributed by atoms with Gasteiger partial charge in [-0.2, -0.15) is 0 Å². The number of Topliss-reactive ketones (excluding diaryl/α,β-unsaturated/α-hetero) is 1. The largest absolute Gasteiger partial charge is 0.361 e. The molecule has 0 aliphatic heterocycles. The standard InChI is InChI=1S/C29H46N6O4/c1-5-6-14-26(37)20(4)32-29(39)27(19(2)3)33-28(38)25(13-9-10-15-30)35-34-22(18-36)16-21-17-31-24-12-8-7-11-23(21)24/h7-8,11-12,17-20,22,25,27,31,34-35H,5-6,9-10,13-16,30H2,1-4H3,(H,32,39)(H,33,38)/t20-,22-,25-,27-/m0/s1. The first-order valence-electron chi connectivity index (χ1n) is 14.1. The predicted octanol–water partition coefficient (Wildman–Crippen LogP) is 2.27. The highest BCUT2D eigenvalue weighted by Gasteiger charge is 2.29. The lowest BCUT2D eigenvalue weighted by atomic mass is 10.0. The molecule has 0 unspecified atom stereocenters. The maximum absolute atomic E-state index is 13.3. The van der Waals surface area contributed by atoms with Gasteiger partial charge in [-0.1, -0.05) is 51.8 Å². The Labute approximate surface area is 231 Å². The fraction of sp³-hybridized carbons (Fsp3) is 0.586. The minimum absolute atomic E-state index is 0.0281. The van der Waals surface area contributed by atoms with Crippen LogP contribution in [0.25, 0.3) is 10.9 Å². The average molecular weight is 543 g/mol. The van der Waals surface area contributed by atoms with E-state index in [9.17, 15) is 19.2 Å². The molecule has 39 heavy (non-hydrogen) atoms. The van der Waals surface area contributed by atoms with Crippen molar-refractivity contribution in [3.8, 4) is 0 Å². The first-order valence-corrected chi connectivity index (χ1v) is 14.1. The molecular weight excluding hydrogens is 496 g/mol. The van der Waals surface area contributed by atoms with Gasteiger partial charge in [-0.25, -0.2) is 10.9 Å². The number of carbonyl (C=O) groups excluding carboxylic acids is 4. The molecule has 1 aromatic heterocycles. The zero-order valence-electron chi connectivity index (χ0n) is 23.7. The van der Waals surface area contributed by atoms with Gasteiger partial charge in [-0.15, -0.1) is 0 Å². The summed E-state index contributed by atoms with van der Waals surface area (Å²) in [6.07, 6.45) is 7.10. The first-order chi connectivity index (χ1) is 18.7. The fourth-order valence-corrected chi connectivity index (χ4v) is 4.38. The minimum Gasteiger partial charge on any atom is -0.361 e. The summed E-state index contributed by atoms with van der Waals surface area (Å²) in [6.45, 7) is 7.86. The Balaban J connectivity index is 2.05. The zero-order chi connectivity index (χ0) is 28.8. The van der Waals surface area contributed by atoms with Crippen molar-refractivity contribution in [2.24, 2.45) is 11.7 Å². The van der Waals surface area contributed by atoms with E-state index in [-0.39, 0.29) is 17.6 Å². The van der Waals surface area contributed by atoms with Gasteiger partial charge in [0.15, 0.2) is 5.78 Å². The van der Waals surface area contributed by atoms with Crippen molar-refractivity contribution in [2.45, 2.75) is 96.8 Å². The van der Waals surface area contributed by atoms with Crippen LogP contribution in [0.4, 0.5) is 0 Å². The summed E-state index contributed by atoms with van der Waals surface area (Å²) in [6, 6.07) is 5.15. The van der Waals surface area contributed by atoms with Gasteiger partial charge in [0, 0.05) is 23.5 Å². The topological polar surface area (TPSA) is 158 Å². The van der Waals surface area contributed by atoms with Crippen molar-refractivity contribution in [3.05, 3.63) is 36.0 Å². The molecule has 2 aromatic rings. The summed E-state index contributed by atoms with van der Waals surface area (Å²) >= 11 is 0. The van der Waals surface area contributed by atoms with Crippen LogP contribution in [-0.2, 0) is 25.6 Å². The van der Waals surface area contributed by atoms with E-state index in [1.807, 2.05) is 51.2 Å². The Morgan fingerprint density at radius 1 is 1.00 bits per heavy atom. The second-order valence-corrected chi connectivity index (χ2v) is 10.5. The van der Waals surface area contributed by atoms with Gasteiger partial charge in [0.2, 0.25) is 11.8 Å². The number of aromatic nitrogens is 1. The van der Waals surface area contributed by atoms with Crippen LogP contribution in [0.15, 0.2) is 30.5 Å². The molecule has 0 saturated carbocycles. The number of amides is 2. The SMILES string of the molecule is CCCCC(=O)[C@H](C)NC(=O)[C@@H](NC(=O)[C@H](CCCCN)NN[C@H](C=O)Cc1c[nH]c2ccccc12)C(C)C. The highest BCUT2D eigenvalue weighted by molar-refractivity contribution is 5.93. The third kappa shape index (κ3) is 10.2. The molecule has 0 spiro atoms. The van der Waals surface area contributed by atoms with Crippen LogP contribution >= 0.6 is 0 Å². The minimum atomic E-state index is -0.814. The maximum atomic E-state index is 13.3. The summed E-state index contributed by atoms with van der Waals surface area (Å²) in [5, 5.41) is 6.65. The van der Waals surface area contributed by atoms with E-state index in [4.69, 9.17) is 5.73 Å². The Bertz CT molecular complexity index is 1070. The van der Waals surface area contributed by atoms with Gasteiger partial charge < -0.3 is 26.1 Å². The number of H-pyrrole nitrogens is 1. The van der Waals surface area contributed by atoms with Crippen molar-refractivity contribution in [3.63, 3.8) is 0 Å². The molecule has 0 saturated heterocycles. The molecule has 0 aliphatic carbocycles. The zero-order valence-corrected chi connectivity index (χ0v) is 23.7. The van der Waals surface area contributed by atoms with Crippen LogP contribution in [0.5, 0.6) is 0 Å². The van der Waals surface area contributed by atoms with Crippen molar-refractivity contribution in [1.82, 2.24) is 26.5 Å². The van der Waals surface area contributed by atoms with Gasteiger partial charge in [0.05, 0.1) is 18.1 Å². The van der Waals surface area contributed by atoms with Crippen LogP contribution in [0.1, 0.15) is 71.8 Å². The van der Waals surface area contributed by atoms with Gasteiger partial charge in [0.1, 0.15) is 12.3 Å². The van der Waals surface area contributed by atoms with E-state index in [2.05, 4.69) is 26.5 Å². The van der Waals surface area contributed by atoms with Crippen LogP contribution in [0, 0.1) is 5.92 Å². The number of unbranched alkanes of at least 4 members (excludes halogenated alkanes) is 2. The van der Waals surface area contributed by atoms with E-state index in [1.54, 1.807) is 6.92 Å². The molecule has 4 atom stereocenters. The lowest BCUT2D eigenvalue weighted by molar-refractivity contribution is -0.133. The first kappa shape index (κ1) is 32.1. The Morgan fingerprint density at radius 2 is 1.74 bits per heavy atom. The van der Waals surface area contributed by atoms with E-state index in [1.165, 1.54) is 0 Å². The van der Waals surface area contributed by atoms with Crippen molar-refractivity contribution in [1.29, 1.82) is 0 Å². The monoisotopic (exact) mass is 542 g/mol. The molecule has 0 aliphatic rings. The molecule has 2 amide bonds. The summed E-state index contributed by atoms with van der Waals surface area (Å²) < 4.78 is 0. The molecule has 10 nitrogen and oxygen atoms in total. The smallest absolute Gasteiger partial charge is 0.243 e. The fourth-order valence-electron chi connectivity index (χ4n) is 4.38. The molecular formula is C29H46N6O4. The van der Waals surface area contributed by atoms with Gasteiger partial charge >= 0.3 is 0 Å². The number of benzene rings is 1. The molecule has 7 N–H and O–H groups in total. The maximum Gasteiger partial charge on any atom is 0.243 e. The highest BCUT2D eigenvalue weighted by Crippen LogP contribution is 2.18. The summed E-state index contributed by atoms with van der Waals surface area (Å²) in [7, 11) is 0. The second-order valence-electron chi connectivity index (χ2n) is 10.5. The molecule has 10 heteroatoms. The highest BCUT2D eigenvalue weighted by atomic mass is 16.2. The Hall–Kier alpha value is -3.08. The number of nitrogens with two attached hydrogens (primary N) is 1. The number of ketones is 1. The number of para-hydroxylation sites is 1. The van der Waals surface area contributed by atoms with Gasteiger partial charge in [0.25, 0.3) is 0 Å². The normalized spacial score (nSPS) is 14.5. The third-order valence-corrected chi connectivity index (χ3v) is 6.85. The van der Waals surface area contributed by atoms with E-state index in [0.717, 1.165) is 42.0 Å². The van der Waals surface area contributed by atoms with Crippen LogP contribution < -0.4 is 27.2 Å². The molecule has 0 fully saturated rings. The number of fused-ring (bicyclic) bond motifs is 1. The number of aromatic amines is 1. The number of hydrogen-bond acceptors (Lipinski definition) is 7. The lowest BCUT2D eigenvalue weighted by Gasteiger charge is -2.27. The summed E-state index contributed by atoms with van der Waals surface area (Å²) in [4.78, 5) is 53.7. The van der Waals surface area contributed by atoms with Crippen molar-refractivity contribution >= 4 is 34.8 Å². The summed E-state index contributed by atoms with van der Waals surface area (Å²) in [5.74, 6) is -0.988. The molecule has 0 bridgehead atoms. The predicted molar refractivity (Wildman–Crippen MR) is 154 cm³/mol. The number of hydrogen-bond donors (Lipinski definition) is 6. The van der Waals surface area contributed by atoms with Crippen LogP contribution in [-0.4, -0.2) is 59.6 Å². The summed E-state index contributed by atoms with van der Waals surface area (Å²) in [5.41, 5.74) is 13.7. The van der Waals surface area contributed by atoms with Gasteiger partial charge in [-0.3, -0.25) is 14.4 Å². The quantitative estimate of drug-likeness (QED) is 0.0903. The number of carbonyl (C=O) groups is 4. The number of rotatable bonds is 19. The second kappa shape index (κ2) is 16.8. The molecule has 0 radical (unpaired) electrons. The Kier molecular flexibility index (Phi) is 13.8. The number of nitrogens with one attached hydrogen (secondary N) is 5. The lowest BCUT2D eigenvalue weighted by Crippen LogP contribution is -2.59. The number of hydrazine groups is 1.